The minimum Gasteiger partial charge on any atom is -0.444 e. The van der Waals surface area contributed by atoms with E-state index in [9.17, 15) is 14.7 Å². The predicted octanol–water partition coefficient (Wildman–Crippen LogP) is 1.03. The van der Waals surface area contributed by atoms with Crippen LogP contribution in [0.2, 0.25) is 0 Å². The number of hydrogen-bond donors (Lipinski definition) is 3. The van der Waals surface area contributed by atoms with E-state index in [0.29, 0.717) is 0 Å². The van der Waals surface area contributed by atoms with Gasteiger partial charge in [-0.2, -0.15) is 0 Å². The summed E-state index contributed by atoms with van der Waals surface area (Å²) in [5.41, 5.74) is -0.851. The van der Waals surface area contributed by atoms with Crippen LogP contribution in [0.25, 0.3) is 0 Å². The second-order valence-electron chi connectivity index (χ2n) is 6.52. The maximum atomic E-state index is 11.6. The number of amides is 2. The van der Waals surface area contributed by atoms with E-state index in [1.807, 2.05) is 20.8 Å². The molecule has 1 atom stereocenters. The molecular formula is C13H26N2O4. The SMILES string of the molecule is CC(C)(C)OC(=O)NCC(=O)N[C@H](CO)C(C)(C)C. The predicted molar refractivity (Wildman–Crippen MR) is 72.7 cm³/mol. The summed E-state index contributed by atoms with van der Waals surface area (Å²) in [4.78, 5) is 23.0. The van der Waals surface area contributed by atoms with Crippen molar-refractivity contribution < 1.29 is 19.4 Å². The van der Waals surface area contributed by atoms with E-state index in [1.165, 1.54) is 0 Å². The van der Waals surface area contributed by atoms with Gasteiger partial charge < -0.3 is 20.5 Å². The molecule has 19 heavy (non-hydrogen) atoms. The smallest absolute Gasteiger partial charge is 0.408 e. The largest absolute Gasteiger partial charge is 0.444 e. The maximum Gasteiger partial charge on any atom is 0.408 e. The Hall–Kier alpha value is -1.30. The van der Waals surface area contributed by atoms with E-state index in [4.69, 9.17) is 4.74 Å². The molecule has 0 rings (SSSR count). The standard InChI is InChI=1S/C13H26N2O4/c1-12(2,3)9(8-16)15-10(17)7-14-11(18)19-13(4,5)6/h9,16H,7-8H2,1-6H3,(H,14,18)(H,15,17)/t9-/m1/s1. The molecule has 0 bridgehead atoms. The highest BCUT2D eigenvalue weighted by Crippen LogP contribution is 2.18. The van der Waals surface area contributed by atoms with Crippen molar-refractivity contribution in [2.75, 3.05) is 13.2 Å². The number of ether oxygens (including phenoxy) is 1. The van der Waals surface area contributed by atoms with Crippen LogP contribution in [0.5, 0.6) is 0 Å². The van der Waals surface area contributed by atoms with Crippen LogP contribution in [0.3, 0.4) is 0 Å². The Morgan fingerprint density at radius 2 is 1.68 bits per heavy atom. The molecule has 0 fully saturated rings. The summed E-state index contributed by atoms with van der Waals surface area (Å²) in [5, 5.41) is 14.2. The fraction of sp³-hybridized carbons (Fsp3) is 0.846. The second-order valence-corrected chi connectivity index (χ2v) is 6.52. The number of carbonyl (C=O) groups is 2. The Morgan fingerprint density at radius 3 is 2.05 bits per heavy atom. The van der Waals surface area contributed by atoms with E-state index in [-0.39, 0.29) is 30.5 Å². The van der Waals surface area contributed by atoms with Gasteiger partial charge in [0, 0.05) is 0 Å². The summed E-state index contributed by atoms with van der Waals surface area (Å²) >= 11 is 0. The third-order valence-electron chi connectivity index (χ3n) is 2.36. The van der Waals surface area contributed by atoms with Gasteiger partial charge in [0.25, 0.3) is 0 Å². The van der Waals surface area contributed by atoms with Crippen LogP contribution in [0.1, 0.15) is 41.5 Å². The average molecular weight is 274 g/mol. The van der Waals surface area contributed by atoms with E-state index < -0.39 is 11.7 Å². The van der Waals surface area contributed by atoms with Crippen LogP contribution >= 0.6 is 0 Å². The number of alkyl carbamates (subject to hydrolysis) is 1. The lowest BCUT2D eigenvalue weighted by Crippen LogP contribution is -2.49. The Balaban J connectivity index is 4.16. The fourth-order valence-corrected chi connectivity index (χ4v) is 1.25. The van der Waals surface area contributed by atoms with Crippen molar-refractivity contribution in [2.24, 2.45) is 5.41 Å². The van der Waals surface area contributed by atoms with Crippen LogP contribution < -0.4 is 10.6 Å². The monoisotopic (exact) mass is 274 g/mol. The molecule has 0 saturated carbocycles. The lowest BCUT2D eigenvalue weighted by Gasteiger charge is -2.29. The molecule has 0 radical (unpaired) electrons. The van der Waals surface area contributed by atoms with Gasteiger partial charge in [-0.3, -0.25) is 4.79 Å². The molecule has 0 spiro atoms. The summed E-state index contributed by atoms with van der Waals surface area (Å²) < 4.78 is 5.01. The summed E-state index contributed by atoms with van der Waals surface area (Å²) in [6.07, 6.45) is -0.640. The van der Waals surface area contributed by atoms with Gasteiger partial charge in [-0.1, -0.05) is 20.8 Å². The van der Waals surface area contributed by atoms with Gasteiger partial charge in [0.1, 0.15) is 12.1 Å². The molecule has 6 nitrogen and oxygen atoms in total. The third kappa shape index (κ3) is 8.42. The Labute approximate surface area is 114 Å². The molecule has 0 aromatic carbocycles. The third-order valence-corrected chi connectivity index (χ3v) is 2.36. The highest BCUT2D eigenvalue weighted by atomic mass is 16.6. The van der Waals surface area contributed by atoms with Crippen molar-refractivity contribution in [2.45, 2.75) is 53.2 Å². The normalized spacial score (nSPS) is 13.6. The first-order chi connectivity index (χ1) is 8.45. The molecule has 0 aromatic rings. The molecule has 6 heteroatoms. The summed E-state index contributed by atoms with van der Waals surface area (Å²) in [6.45, 7) is 10.6. The number of carbonyl (C=O) groups excluding carboxylic acids is 2. The van der Waals surface area contributed by atoms with Crippen LogP contribution in [-0.4, -0.2) is 41.9 Å². The van der Waals surface area contributed by atoms with Crippen molar-refractivity contribution >= 4 is 12.0 Å². The topological polar surface area (TPSA) is 87.7 Å². The zero-order chi connectivity index (χ0) is 15.3. The van der Waals surface area contributed by atoms with Gasteiger partial charge in [-0.25, -0.2) is 4.79 Å². The Kier molecular flexibility index (Phi) is 6.29. The number of rotatable bonds is 4. The Morgan fingerprint density at radius 1 is 1.16 bits per heavy atom. The lowest BCUT2D eigenvalue weighted by molar-refractivity contribution is -0.122. The van der Waals surface area contributed by atoms with Crippen molar-refractivity contribution in [3.8, 4) is 0 Å². The summed E-state index contributed by atoms with van der Waals surface area (Å²) in [6, 6.07) is -0.361. The molecule has 0 aliphatic heterocycles. The summed E-state index contributed by atoms with van der Waals surface area (Å²) in [7, 11) is 0. The van der Waals surface area contributed by atoms with E-state index >= 15 is 0 Å². The van der Waals surface area contributed by atoms with Crippen LogP contribution in [-0.2, 0) is 9.53 Å². The van der Waals surface area contributed by atoms with Crippen molar-refractivity contribution in [1.82, 2.24) is 10.6 Å². The lowest BCUT2D eigenvalue weighted by atomic mass is 9.87. The molecule has 2 amide bonds. The van der Waals surface area contributed by atoms with Gasteiger partial charge in [-0.15, -0.1) is 0 Å². The van der Waals surface area contributed by atoms with E-state index in [1.54, 1.807) is 20.8 Å². The maximum absolute atomic E-state index is 11.6. The molecule has 0 aromatic heterocycles. The van der Waals surface area contributed by atoms with Crippen molar-refractivity contribution in [3.63, 3.8) is 0 Å². The molecule has 0 heterocycles. The first-order valence-electron chi connectivity index (χ1n) is 6.33. The fourth-order valence-electron chi connectivity index (χ4n) is 1.25. The highest BCUT2D eigenvalue weighted by Gasteiger charge is 2.25. The zero-order valence-electron chi connectivity index (χ0n) is 12.7. The second kappa shape index (κ2) is 6.75. The molecule has 0 saturated heterocycles. The minimum atomic E-state index is -0.640. The van der Waals surface area contributed by atoms with Crippen molar-refractivity contribution in [1.29, 1.82) is 0 Å². The Bertz CT molecular complexity index is 316. The van der Waals surface area contributed by atoms with Crippen LogP contribution in [0.15, 0.2) is 0 Å². The number of aliphatic hydroxyl groups excluding tert-OH is 1. The molecular weight excluding hydrogens is 248 g/mol. The molecule has 112 valence electrons. The van der Waals surface area contributed by atoms with Crippen LogP contribution in [0, 0.1) is 5.41 Å². The van der Waals surface area contributed by atoms with Crippen molar-refractivity contribution in [3.05, 3.63) is 0 Å². The van der Waals surface area contributed by atoms with E-state index in [0.717, 1.165) is 0 Å². The molecule has 0 aliphatic rings. The van der Waals surface area contributed by atoms with Gasteiger partial charge in [-0.05, 0) is 26.2 Å². The first-order valence-corrected chi connectivity index (χ1v) is 6.33. The number of nitrogens with one attached hydrogen (secondary N) is 2. The molecule has 0 aliphatic carbocycles. The van der Waals surface area contributed by atoms with Gasteiger partial charge >= 0.3 is 6.09 Å². The van der Waals surface area contributed by atoms with Crippen LogP contribution in [0.4, 0.5) is 4.79 Å². The molecule has 0 unspecified atom stereocenters. The average Bonchev–Trinajstić information content (AvgIpc) is 2.18. The van der Waals surface area contributed by atoms with Gasteiger partial charge in [0.05, 0.1) is 12.6 Å². The van der Waals surface area contributed by atoms with Gasteiger partial charge in [0.15, 0.2) is 0 Å². The quantitative estimate of drug-likeness (QED) is 0.714. The number of aliphatic hydroxyl groups is 1. The summed E-state index contributed by atoms with van der Waals surface area (Å²) in [5.74, 6) is -0.361. The molecule has 3 N–H and O–H groups in total. The zero-order valence-corrected chi connectivity index (χ0v) is 12.7. The van der Waals surface area contributed by atoms with E-state index in [2.05, 4.69) is 10.6 Å². The minimum absolute atomic E-state index is 0.151. The number of hydrogen-bond acceptors (Lipinski definition) is 4. The van der Waals surface area contributed by atoms with Gasteiger partial charge in [0.2, 0.25) is 5.91 Å². The first kappa shape index (κ1) is 17.7. The highest BCUT2D eigenvalue weighted by molar-refractivity contribution is 5.82.